The fourth-order valence-electron chi connectivity index (χ4n) is 3.95. The van der Waals surface area contributed by atoms with E-state index in [1.807, 2.05) is 55.5 Å². The van der Waals surface area contributed by atoms with Crippen molar-refractivity contribution in [3.8, 4) is 11.5 Å². The van der Waals surface area contributed by atoms with Gasteiger partial charge in [0.2, 0.25) is 0 Å². The summed E-state index contributed by atoms with van der Waals surface area (Å²) >= 11 is 1.28. The molecular weight excluding hydrogens is 452 g/mol. The second-order valence-corrected chi connectivity index (χ2v) is 8.72. The molecular formula is C26H26N2O5S. The molecule has 0 spiro atoms. The zero-order chi connectivity index (χ0) is 24.2. The van der Waals surface area contributed by atoms with Crippen molar-refractivity contribution in [3.05, 3.63) is 90.6 Å². The summed E-state index contributed by atoms with van der Waals surface area (Å²) in [6.07, 6.45) is 2.62. The number of thiazole rings is 1. The molecule has 1 unspecified atom stereocenters. The van der Waals surface area contributed by atoms with Crippen molar-refractivity contribution in [2.45, 2.75) is 26.3 Å². The lowest BCUT2D eigenvalue weighted by atomic mass is 9.94. The second kappa shape index (κ2) is 10.1. The van der Waals surface area contributed by atoms with Crippen LogP contribution < -0.4 is 24.4 Å². The highest BCUT2D eigenvalue weighted by molar-refractivity contribution is 7.07. The molecule has 0 amide bonds. The van der Waals surface area contributed by atoms with Crippen molar-refractivity contribution in [2.75, 3.05) is 20.8 Å². The zero-order valence-electron chi connectivity index (χ0n) is 19.5. The topological polar surface area (TPSA) is 79.1 Å². The number of carbonyl (C=O) groups is 1. The van der Waals surface area contributed by atoms with Gasteiger partial charge in [0, 0.05) is 5.56 Å². The normalized spacial score (nSPS) is 15.5. The smallest absolute Gasteiger partial charge is 0.338 e. The Labute approximate surface area is 201 Å². The molecule has 7 nitrogen and oxygen atoms in total. The minimum absolute atomic E-state index is 0.240. The Bertz CT molecular complexity index is 1420. The first kappa shape index (κ1) is 23.5. The lowest BCUT2D eigenvalue weighted by Gasteiger charge is -2.26. The molecule has 3 aromatic rings. The highest BCUT2D eigenvalue weighted by Crippen LogP contribution is 2.40. The van der Waals surface area contributed by atoms with Crippen LogP contribution in [-0.2, 0) is 9.53 Å². The van der Waals surface area contributed by atoms with E-state index in [4.69, 9.17) is 14.2 Å². The molecule has 2 heterocycles. The number of carbonyl (C=O) groups excluding carboxylic acids is 1. The van der Waals surface area contributed by atoms with E-state index < -0.39 is 12.0 Å². The van der Waals surface area contributed by atoms with Gasteiger partial charge in [0.05, 0.1) is 36.6 Å². The predicted octanol–water partition coefficient (Wildman–Crippen LogP) is 3.21. The number of fused-ring (bicyclic) bond motifs is 1. The maximum atomic E-state index is 13.7. The van der Waals surface area contributed by atoms with E-state index >= 15 is 0 Å². The number of ether oxygens (including phenoxy) is 3. The van der Waals surface area contributed by atoms with Crippen LogP contribution in [0.2, 0.25) is 0 Å². The van der Waals surface area contributed by atoms with Gasteiger partial charge in [0.15, 0.2) is 16.3 Å². The van der Waals surface area contributed by atoms with E-state index in [1.54, 1.807) is 24.7 Å². The molecule has 34 heavy (non-hydrogen) atoms. The molecule has 1 atom stereocenters. The molecule has 4 rings (SSSR count). The number of para-hydroxylation sites is 1. The van der Waals surface area contributed by atoms with Crippen LogP contribution in [0.3, 0.4) is 0 Å². The number of esters is 1. The van der Waals surface area contributed by atoms with Gasteiger partial charge in [-0.25, -0.2) is 9.79 Å². The Morgan fingerprint density at radius 2 is 1.91 bits per heavy atom. The number of methoxy groups -OCH3 is 2. The van der Waals surface area contributed by atoms with Crippen LogP contribution in [0, 0.1) is 0 Å². The second-order valence-electron chi connectivity index (χ2n) is 7.71. The Morgan fingerprint density at radius 1 is 1.15 bits per heavy atom. The Hall–Kier alpha value is -3.65. The first-order valence-corrected chi connectivity index (χ1v) is 11.8. The van der Waals surface area contributed by atoms with Crippen LogP contribution in [0.15, 0.2) is 69.6 Å². The molecule has 1 aliphatic rings. The van der Waals surface area contributed by atoms with E-state index in [0.29, 0.717) is 38.7 Å². The van der Waals surface area contributed by atoms with Crippen LogP contribution in [0.5, 0.6) is 11.5 Å². The van der Waals surface area contributed by atoms with E-state index in [0.717, 1.165) is 12.0 Å². The van der Waals surface area contributed by atoms with Crippen LogP contribution >= 0.6 is 11.3 Å². The predicted molar refractivity (Wildman–Crippen MR) is 131 cm³/mol. The van der Waals surface area contributed by atoms with Gasteiger partial charge in [-0.15, -0.1) is 0 Å². The van der Waals surface area contributed by atoms with Crippen molar-refractivity contribution in [1.29, 1.82) is 0 Å². The molecule has 176 valence electrons. The summed E-state index contributed by atoms with van der Waals surface area (Å²) in [6, 6.07) is 14.3. The van der Waals surface area contributed by atoms with Gasteiger partial charge in [-0.3, -0.25) is 9.36 Å². The molecule has 0 bridgehead atoms. The van der Waals surface area contributed by atoms with Gasteiger partial charge in [-0.05, 0) is 31.1 Å². The first-order chi connectivity index (χ1) is 16.5. The molecule has 0 saturated heterocycles. The van der Waals surface area contributed by atoms with E-state index in [1.165, 1.54) is 18.4 Å². The molecule has 0 radical (unpaired) electrons. The van der Waals surface area contributed by atoms with Crippen LogP contribution in [0.25, 0.3) is 6.08 Å². The van der Waals surface area contributed by atoms with E-state index in [-0.39, 0.29) is 11.1 Å². The Kier molecular flexibility index (Phi) is 6.98. The number of allylic oxidation sites excluding steroid dienone is 1. The number of hydrogen-bond acceptors (Lipinski definition) is 7. The molecule has 1 aromatic heterocycles. The maximum absolute atomic E-state index is 13.7. The summed E-state index contributed by atoms with van der Waals surface area (Å²) in [6.45, 7) is 4.21. The molecule has 0 aliphatic carbocycles. The van der Waals surface area contributed by atoms with Crippen molar-refractivity contribution >= 4 is 23.4 Å². The highest BCUT2D eigenvalue weighted by atomic mass is 32.1. The first-order valence-electron chi connectivity index (χ1n) is 11.0. The molecule has 2 aromatic carbocycles. The number of nitrogens with zero attached hydrogens (tertiary/aromatic N) is 2. The SMILES string of the molecule is CCCOc1c(OC)cccc1C1C(C(=O)OC)=C(C)N=c2sc(=Cc3ccccc3)c(=O)n21. The lowest BCUT2D eigenvalue weighted by molar-refractivity contribution is -0.136. The zero-order valence-corrected chi connectivity index (χ0v) is 20.3. The molecule has 0 N–H and O–H groups in total. The molecule has 1 aliphatic heterocycles. The van der Waals surface area contributed by atoms with Crippen molar-refractivity contribution in [3.63, 3.8) is 0 Å². The Morgan fingerprint density at radius 3 is 2.59 bits per heavy atom. The third kappa shape index (κ3) is 4.28. The van der Waals surface area contributed by atoms with Crippen LogP contribution in [-0.4, -0.2) is 31.4 Å². The van der Waals surface area contributed by atoms with E-state index in [2.05, 4.69) is 4.99 Å². The van der Waals surface area contributed by atoms with Crippen molar-refractivity contribution in [1.82, 2.24) is 4.57 Å². The monoisotopic (exact) mass is 478 g/mol. The fraction of sp³-hybridized carbons (Fsp3) is 0.269. The number of hydrogen-bond donors (Lipinski definition) is 0. The summed E-state index contributed by atoms with van der Waals surface area (Å²) in [4.78, 5) is 31.7. The van der Waals surface area contributed by atoms with Crippen molar-refractivity contribution < 1.29 is 19.0 Å². The number of rotatable bonds is 7. The minimum atomic E-state index is -0.774. The van der Waals surface area contributed by atoms with Gasteiger partial charge < -0.3 is 14.2 Å². The lowest BCUT2D eigenvalue weighted by Crippen LogP contribution is -2.40. The Balaban J connectivity index is 2.02. The van der Waals surface area contributed by atoms with Gasteiger partial charge in [0.25, 0.3) is 5.56 Å². The molecule has 8 heteroatoms. The quantitative estimate of drug-likeness (QED) is 0.488. The van der Waals surface area contributed by atoms with Gasteiger partial charge in [-0.2, -0.15) is 0 Å². The fourth-order valence-corrected chi connectivity index (χ4v) is 5.00. The highest BCUT2D eigenvalue weighted by Gasteiger charge is 2.35. The van der Waals surface area contributed by atoms with E-state index in [9.17, 15) is 9.59 Å². The number of aromatic nitrogens is 1. The summed E-state index contributed by atoms with van der Waals surface area (Å²) < 4.78 is 18.8. The standard InChI is InChI=1S/C26H26N2O5S/c1-5-14-33-23-18(12-9-13-19(23)31-3)22-21(25(30)32-4)16(2)27-26-28(22)24(29)20(34-26)15-17-10-7-6-8-11-17/h6-13,15,22H,5,14H2,1-4H3. The third-order valence-electron chi connectivity index (χ3n) is 5.50. The van der Waals surface area contributed by atoms with Gasteiger partial charge >= 0.3 is 5.97 Å². The minimum Gasteiger partial charge on any atom is -0.493 e. The molecule has 0 saturated carbocycles. The summed E-state index contributed by atoms with van der Waals surface area (Å²) in [5.41, 5.74) is 2.08. The van der Waals surface area contributed by atoms with Crippen LogP contribution in [0.4, 0.5) is 0 Å². The molecule has 0 fully saturated rings. The van der Waals surface area contributed by atoms with Crippen LogP contribution in [0.1, 0.15) is 37.4 Å². The average Bonchev–Trinajstić information content (AvgIpc) is 3.16. The third-order valence-corrected chi connectivity index (χ3v) is 6.48. The average molecular weight is 479 g/mol. The maximum Gasteiger partial charge on any atom is 0.338 e. The van der Waals surface area contributed by atoms with Crippen molar-refractivity contribution in [2.24, 2.45) is 4.99 Å². The summed E-state index contributed by atoms with van der Waals surface area (Å²) in [5, 5.41) is 0. The summed E-state index contributed by atoms with van der Waals surface area (Å²) in [5.74, 6) is 0.467. The van der Waals surface area contributed by atoms with Gasteiger partial charge in [-0.1, -0.05) is 60.7 Å². The number of benzene rings is 2. The summed E-state index contributed by atoms with van der Waals surface area (Å²) in [7, 11) is 2.88. The van der Waals surface area contributed by atoms with Gasteiger partial charge in [0.1, 0.15) is 6.04 Å². The largest absolute Gasteiger partial charge is 0.493 e.